The summed E-state index contributed by atoms with van der Waals surface area (Å²) in [6.07, 6.45) is -3.41. The van der Waals surface area contributed by atoms with Crippen LogP contribution in [-0.2, 0) is 4.79 Å². The van der Waals surface area contributed by atoms with Gasteiger partial charge < -0.3 is 14.8 Å². The Kier molecular flexibility index (Phi) is 4.01. The van der Waals surface area contributed by atoms with Crippen molar-refractivity contribution in [2.45, 2.75) is 18.8 Å². The van der Waals surface area contributed by atoms with Gasteiger partial charge in [0.1, 0.15) is 0 Å². The first kappa shape index (κ1) is 14.4. The predicted molar refractivity (Wildman–Crippen MR) is 61.6 cm³/mol. The highest BCUT2D eigenvalue weighted by Gasteiger charge is 2.49. The van der Waals surface area contributed by atoms with E-state index in [2.05, 4.69) is 0 Å². The molecule has 1 amide bonds. The zero-order valence-electron chi connectivity index (χ0n) is 10.2. The maximum absolute atomic E-state index is 12.8. The van der Waals surface area contributed by atoms with Crippen molar-refractivity contribution in [3.63, 3.8) is 0 Å². The summed E-state index contributed by atoms with van der Waals surface area (Å²) in [5, 5.41) is 1.73. The van der Waals surface area contributed by atoms with Gasteiger partial charge in [-0.25, -0.2) is 8.78 Å². The normalized spacial score (nSPS) is 14.8. The van der Waals surface area contributed by atoms with E-state index in [0.717, 1.165) is 0 Å². The number of ether oxygens (including phenoxy) is 2. The Morgan fingerprint density at radius 1 is 1.20 bits per heavy atom. The van der Waals surface area contributed by atoms with Crippen molar-refractivity contribution in [2.24, 2.45) is 0 Å². The Morgan fingerprint density at radius 3 is 2.50 bits per heavy atom. The first-order valence-corrected chi connectivity index (χ1v) is 5.78. The zero-order valence-corrected chi connectivity index (χ0v) is 10.2. The molecular weight excluding hydrogens is 282 g/mol. The molecule has 0 saturated carbocycles. The van der Waals surface area contributed by atoms with E-state index in [4.69, 9.17) is 9.47 Å². The Bertz CT molecular complexity index is 507. The molecule has 8 heteroatoms. The average Bonchev–Trinajstić information content (AvgIpc) is 2.63. The van der Waals surface area contributed by atoms with Gasteiger partial charge in [-0.3, -0.25) is 4.79 Å². The number of benzene rings is 1. The summed E-state index contributed by atoms with van der Waals surface area (Å²) >= 11 is 0. The Labute approximate surface area is 111 Å². The summed E-state index contributed by atoms with van der Waals surface area (Å²) < 4.78 is 60.3. The summed E-state index contributed by atoms with van der Waals surface area (Å²) in [7, 11) is 0. The minimum Gasteiger partial charge on any atom is -0.490 e. The second-order valence-corrected chi connectivity index (χ2v) is 4.09. The Balaban J connectivity index is 2.15. The average molecular weight is 293 g/mol. The smallest absolute Gasteiger partial charge is 0.383 e. The van der Waals surface area contributed by atoms with Gasteiger partial charge >= 0.3 is 18.3 Å². The number of anilines is 1. The molecule has 4 nitrogen and oxygen atoms in total. The molecule has 0 fully saturated rings. The van der Waals surface area contributed by atoms with Crippen LogP contribution in [0.4, 0.5) is 23.2 Å². The number of hydrogen-bond acceptors (Lipinski definition) is 3. The zero-order chi connectivity index (χ0) is 14.8. The first-order valence-electron chi connectivity index (χ1n) is 5.78. The second kappa shape index (κ2) is 5.56. The fourth-order valence-corrected chi connectivity index (χ4v) is 1.55. The molecule has 1 aromatic rings. The fraction of sp³-hybridized carbons (Fsp3) is 0.417. The molecular formula is C12H11F4NO3. The van der Waals surface area contributed by atoms with Crippen molar-refractivity contribution >= 4 is 11.6 Å². The Morgan fingerprint density at radius 2 is 1.85 bits per heavy atom. The highest BCUT2D eigenvalue weighted by molar-refractivity contribution is 5.96. The van der Waals surface area contributed by atoms with Crippen molar-refractivity contribution < 1.29 is 31.8 Å². The highest BCUT2D eigenvalue weighted by Crippen LogP contribution is 2.33. The minimum atomic E-state index is -4.75. The molecule has 0 atom stereocenters. The first-order chi connectivity index (χ1) is 9.41. The van der Waals surface area contributed by atoms with E-state index in [1.54, 1.807) is 5.32 Å². The molecule has 1 N–H and O–H groups in total. The minimum absolute atomic E-state index is 0.0698. The van der Waals surface area contributed by atoms with Gasteiger partial charge in [-0.15, -0.1) is 0 Å². The van der Waals surface area contributed by atoms with Crippen LogP contribution in [0.25, 0.3) is 0 Å². The van der Waals surface area contributed by atoms with E-state index in [1.165, 1.54) is 18.2 Å². The molecule has 0 aliphatic carbocycles. The number of fused-ring (bicyclic) bond motifs is 1. The molecule has 0 saturated heterocycles. The van der Waals surface area contributed by atoms with E-state index < -0.39 is 18.3 Å². The fourth-order valence-electron chi connectivity index (χ4n) is 1.55. The van der Waals surface area contributed by atoms with Crippen molar-refractivity contribution in [1.82, 2.24) is 0 Å². The lowest BCUT2D eigenvalue weighted by molar-refractivity contribution is -0.163. The van der Waals surface area contributed by atoms with Gasteiger partial charge in [0.2, 0.25) is 0 Å². The molecule has 110 valence electrons. The van der Waals surface area contributed by atoms with Gasteiger partial charge in [-0.05, 0) is 12.1 Å². The topological polar surface area (TPSA) is 47.6 Å². The number of amides is 1. The third-order valence-corrected chi connectivity index (χ3v) is 2.58. The molecule has 0 aromatic heterocycles. The van der Waals surface area contributed by atoms with Crippen LogP contribution in [-0.4, -0.2) is 31.5 Å². The van der Waals surface area contributed by atoms with Gasteiger partial charge in [-0.2, -0.15) is 8.78 Å². The molecule has 1 heterocycles. The molecule has 0 bridgehead atoms. The third-order valence-electron chi connectivity index (χ3n) is 2.58. The molecule has 0 radical (unpaired) electrons. The van der Waals surface area contributed by atoms with Gasteiger partial charge in [0.05, 0.1) is 13.2 Å². The molecule has 1 aliphatic heterocycles. The van der Waals surface area contributed by atoms with Gasteiger partial charge in [0.25, 0.3) is 0 Å². The second-order valence-electron chi connectivity index (χ2n) is 4.09. The van der Waals surface area contributed by atoms with Gasteiger partial charge in [0, 0.05) is 18.2 Å². The highest BCUT2D eigenvalue weighted by atomic mass is 19.3. The third kappa shape index (κ3) is 2.94. The van der Waals surface area contributed by atoms with E-state index >= 15 is 0 Å². The number of alkyl halides is 4. The number of nitrogens with one attached hydrogen (secondary N) is 1. The SMILES string of the molecule is O=C(Nc1ccc2c(c1)OCCCO2)C(F)(F)C(F)F. The van der Waals surface area contributed by atoms with Crippen molar-refractivity contribution in [3.05, 3.63) is 18.2 Å². The monoisotopic (exact) mass is 293 g/mol. The predicted octanol–water partition coefficient (Wildman–Crippen LogP) is 2.69. The van der Waals surface area contributed by atoms with Crippen molar-refractivity contribution in [1.29, 1.82) is 0 Å². The number of hydrogen-bond donors (Lipinski definition) is 1. The lowest BCUT2D eigenvalue weighted by Gasteiger charge is -2.15. The van der Waals surface area contributed by atoms with Crippen LogP contribution in [0, 0.1) is 0 Å². The van der Waals surface area contributed by atoms with Crippen LogP contribution in [0.1, 0.15) is 6.42 Å². The summed E-state index contributed by atoms with van der Waals surface area (Å²) in [4.78, 5) is 11.1. The summed E-state index contributed by atoms with van der Waals surface area (Å²) in [6.45, 7) is 0.819. The van der Waals surface area contributed by atoms with Crippen LogP contribution in [0.2, 0.25) is 0 Å². The van der Waals surface area contributed by atoms with E-state index in [0.29, 0.717) is 25.4 Å². The quantitative estimate of drug-likeness (QED) is 0.872. The summed E-state index contributed by atoms with van der Waals surface area (Å²) in [6, 6.07) is 3.93. The molecule has 20 heavy (non-hydrogen) atoms. The summed E-state index contributed by atoms with van der Waals surface area (Å²) in [5.41, 5.74) is -0.0698. The summed E-state index contributed by atoms with van der Waals surface area (Å²) in [5.74, 6) is -6.15. The maximum Gasteiger partial charge on any atom is 0.383 e. The van der Waals surface area contributed by atoms with E-state index in [1.807, 2.05) is 0 Å². The lowest BCUT2D eigenvalue weighted by atomic mass is 10.2. The van der Waals surface area contributed by atoms with Crippen LogP contribution < -0.4 is 14.8 Å². The maximum atomic E-state index is 12.8. The lowest BCUT2D eigenvalue weighted by Crippen LogP contribution is -2.40. The van der Waals surface area contributed by atoms with E-state index in [-0.39, 0.29) is 11.4 Å². The largest absolute Gasteiger partial charge is 0.490 e. The molecule has 1 aromatic carbocycles. The number of carbonyl (C=O) groups excluding carboxylic acids is 1. The standard InChI is InChI=1S/C12H11F4NO3/c13-10(14)12(15,16)11(18)17-7-2-3-8-9(6-7)20-5-1-4-19-8/h2-3,6,10H,1,4-5H2,(H,17,18). The van der Waals surface area contributed by atoms with Crippen LogP contribution in [0.15, 0.2) is 18.2 Å². The number of rotatable bonds is 3. The molecule has 2 rings (SSSR count). The van der Waals surface area contributed by atoms with Crippen LogP contribution in [0.5, 0.6) is 11.5 Å². The Hall–Kier alpha value is -1.99. The van der Waals surface area contributed by atoms with Crippen LogP contribution in [0.3, 0.4) is 0 Å². The van der Waals surface area contributed by atoms with Gasteiger partial charge in [-0.1, -0.05) is 0 Å². The molecule has 1 aliphatic rings. The van der Waals surface area contributed by atoms with Crippen molar-refractivity contribution in [2.75, 3.05) is 18.5 Å². The van der Waals surface area contributed by atoms with Gasteiger partial charge in [0.15, 0.2) is 11.5 Å². The van der Waals surface area contributed by atoms with Crippen molar-refractivity contribution in [3.8, 4) is 11.5 Å². The number of carbonyl (C=O) groups is 1. The molecule has 0 unspecified atom stereocenters. The van der Waals surface area contributed by atoms with E-state index in [9.17, 15) is 22.4 Å². The molecule has 0 spiro atoms. The number of halogens is 4. The van der Waals surface area contributed by atoms with Crippen LogP contribution >= 0.6 is 0 Å².